The maximum absolute atomic E-state index is 11.9. The minimum atomic E-state index is -1.83. The van der Waals surface area contributed by atoms with Gasteiger partial charge in [0.2, 0.25) is 6.10 Å². The molecule has 3 unspecified atom stereocenters. The van der Waals surface area contributed by atoms with Crippen molar-refractivity contribution in [1.29, 1.82) is 0 Å². The summed E-state index contributed by atoms with van der Waals surface area (Å²) in [6.07, 6.45) is -2.92. The number of hydrogen-bond donors (Lipinski definition) is 5. The van der Waals surface area contributed by atoms with E-state index in [4.69, 9.17) is 24.4 Å². The van der Waals surface area contributed by atoms with Crippen molar-refractivity contribution in [1.82, 2.24) is 0 Å². The average Bonchev–Trinajstić information content (AvgIpc) is 2.85. The minimum absolute atomic E-state index is 0.121. The van der Waals surface area contributed by atoms with Gasteiger partial charge in [-0.25, -0.2) is 9.59 Å². The molecule has 0 aliphatic rings. The molecule has 2 aromatic carbocycles. The quantitative estimate of drug-likeness (QED) is 0.194. The van der Waals surface area contributed by atoms with Crippen molar-refractivity contribution in [3.05, 3.63) is 53.6 Å². The van der Waals surface area contributed by atoms with Crippen LogP contribution < -0.4 is 14.2 Å². The van der Waals surface area contributed by atoms with Gasteiger partial charge in [-0.1, -0.05) is 12.1 Å². The fourth-order valence-electron chi connectivity index (χ4n) is 3.02. The van der Waals surface area contributed by atoms with Crippen LogP contribution in [-0.4, -0.2) is 76.5 Å². The van der Waals surface area contributed by atoms with Crippen LogP contribution in [0.5, 0.6) is 23.0 Å². The third-order valence-corrected chi connectivity index (χ3v) is 4.85. The Hall–Kier alpha value is -4.29. The second-order valence-electron chi connectivity index (χ2n) is 7.32. The van der Waals surface area contributed by atoms with E-state index < -0.39 is 49.2 Å². The van der Waals surface area contributed by atoms with E-state index in [0.717, 1.165) is 6.08 Å². The number of ether oxygens (including phenoxy) is 4. The number of phenols is 1. The topological polar surface area (TPSA) is 189 Å². The minimum Gasteiger partial charge on any atom is -0.504 e. The van der Waals surface area contributed by atoms with E-state index >= 15 is 0 Å². The van der Waals surface area contributed by atoms with Crippen LogP contribution in [0.25, 0.3) is 6.08 Å². The number of carbonyl (C=O) groups is 3. The molecule has 194 valence electrons. The number of carbonyl (C=O) groups excluding carboxylic acids is 1. The van der Waals surface area contributed by atoms with Crippen LogP contribution in [0.4, 0.5) is 0 Å². The number of esters is 1. The number of aliphatic carboxylic acids is 2. The van der Waals surface area contributed by atoms with Gasteiger partial charge in [-0.05, 0) is 41.5 Å². The van der Waals surface area contributed by atoms with Crippen LogP contribution >= 0.6 is 0 Å². The number of rotatable bonds is 13. The second-order valence-corrected chi connectivity index (χ2v) is 7.32. The molecule has 2 aromatic rings. The number of aliphatic hydroxyl groups excluding tert-OH is 2. The lowest BCUT2D eigenvalue weighted by Gasteiger charge is -2.24. The van der Waals surface area contributed by atoms with Crippen molar-refractivity contribution in [3.8, 4) is 23.0 Å². The zero-order valence-electron chi connectivity index (χ0n) is 19.4. The molecule has 0 radical (unpaired) electrons. The van der Waals surface area contributed by atoms with E-state index in [9.17, 15) is 29.7 Å². The Kier molecular flexibility index (Phi) is 10.1. The summed E-state index contributed by atoms with van der Waals surface area (Å²) < 4.78 is 20.7. The Labute approximate surface area is 205 Å². The molecule has 0 aromatic heterocycles. The summed E-state index contributed by atoms with van der Waals surface area (Å²) in [6, 6.07) is 8.62. The molecule has 0 saturated heterocycles. The number of phenolic OH excluding ortho intramolecular Hbond substituents is 1. The highest BCUT2D eigenvalue weighted by Crippen LogP contribution is 2.34. The van der Waals surface area contributed by atoms with Crippen LogP contribution in [0.1, 0.15) is 23.7 Å². The lowest BCUT2D eigenvalue weighted by Crippen LogP contribution is -2.29. The molecule has 0 bridgehead atoms. The van der Waals surface area contributed by atoms with Gasteiger partial charge in [-0.15, -0.1) is 0 Å². The van der Waals surface area contributed by atoms with Gasteiger partial charge in [0.1, 0.15) is 6.10 Å². The maximum atomic E-state index is 11.9. The molecule has 12 heteroatoms. The zero-order chi connectivity index (χ0) is 26.8. The first-order chi connectivity index (χ1) is 17.1. The fraction of sp³-hybridized carbons (Fsp3) is 0.292. The smallest absolute Gasteiger partial charge is 0.345 e. The highest BCUT2D eigenvalue weighted by atomic mass is 16.6. The molecule has 0 amide bonds. The largest absolute Gasteiger partial charge is 0.504 e. The standard InChI is InChI=1S/C24H26O12/c1-33-17-10-14(5-6-15(17)26)23(30)20(12-25)35-16-7-3-13(9-18(16)34-2)4-8-22(29)36-19(24(31)32)11-21(27)28/h3-10,19-20,23,25-26,30H,11-12H2,1-2H3,(H,27,28)(H,31,32)/b8-4+. The van der Waals surface area contributed by atoms with Gasteiger partial charge in [-0.3, -0.25) is 4.79 Å². The molecule has 2 rings (SSSR count). The number of methoxy groups -OCH3 is 2. The monoisotopic (exact) mass is 506 g/mol. The molecule has 0 fully saturated rings. The summed E-state index contributed by atoms with van der Waals surface area (Å²) in [5.41, 5.74) is 0.744. The van der Waals surface area contributed by atoms with Gasteiger partial charge in [-0.2, -0.15) is 0 Å². The summed E-state index contributed by atoms with van der Waals surface area (Å²) in [6.45, 7) is -0.567. The first kappa shape index (κ1) is 28.0. The number of aromatic hydroxyl groups is 1. The van der Waals surface area contributed by atoms with Crippen molar-refractivity contribution >= 4 is 24.0 Å². The Morgan fingerprint density at radius 2 is 1.67 bits per heavy atom. The van der Waals surface area contributed by atoms with Crippen LogP contribution in [-0.2, 0) is 19.1 Å². The molecule has 5 N–H and O–H groups in total. The SMILES string of the molecule is COc1cc(C(O)C(CO)Oc2ccc(/C=C/C(=O)OC(CC(=O)O)C(=O)O)cc2OC)ccc1O. The number of benzene rings is 2. The van der Waals surface area contributed by atoms with Crippen molar-refractivity contribution < 1.29 is 58.9 Å². The molecule has 3 atom stereocenters. The highest BCUT2D eigenvalue weighted by Gasteiger charge is 2.26. The van der Waals surface area contributed by atoms with Gasteiger partial charge in [0.15, 0.2) is 29.1 Å². The average molecular weight is 506 g/mol. The summed E-state index contributed by atoms with van der Waals surface area (Å²) in [5, 5.41) is 47.8. The predicted octanol–water partition coefficient (Wildman–Crippen LogP) is 1.37. The molecule has 0 heterocycles. The van der Waals surface area contributed by atoms with E-state index in [-0.39, 0.29) is 23.0 Å². The summed E-state index contributed by atoms with van der Waals surface area (Å²) in [5.74, 6) is -3.72. The van der Waals surface area contributed by atoms with Crippen LogP contribution in [0.2, 0.25) is 0 Å². The first-order valence-corrected chi connectivity index (χ1v) is 10.4. The van der Waals surface area contributed by atoms with Crippen molar-refractivity contribution in [2.75, 3.05) is 20.8 Å². The maximum Gasteiger partial charge on any atom is 0.345 e. The first-order valence-electron chi connectivity index (χ1n) is 10.4. The van der Waals surface area contributed by atoms with Crippen LogP contribution in [0.3, 0.4) is 0 Å². The molecule has 0 aliphatic carbocycles. The van der Waals surface area contributed by atoms with Gasteiger partial charge in [0.25, 0.3) is 0 Å². The Morgan fingerprint density at radius 3 is 2.25 bits per heavy atom. The molecule has 0 aliphatic heterocycles. The number of carboxylic acid groups (broad SMARTS) is 2. The summed E-state index contributed by atoms with van der Waals surface area (Å²) >= 11 is 0. The van der Waals surface area contributed by atoms with Gasteiger partial charge in [0, 0.05) is 6.08 Å². The predicted molar refractivity (Wildman–Crippen MR) is 123 cm³/mol. The fourth-order valence-corrected chi connectivity index (χ4v) is 3.02. The van der Waals surface area contributed by atoms with Crippen molar-refractivity contribution in [2.45, 2.75) is 24.7 Å². The number of hydrogen-bond acceptors (Lipinski definition) is 10. The molecule has 0 spiro atoms. The molecule has 12 nitrogen and oxygen atoms in total. The third-order valence-electron chi connectivity index (χ3n) is 4.85. The van der Waals surface area contributed by atoms with E-state index in [0.29, 0.717) is 11.1 Å². The summed E-state index contributed by atoms with van der Waals surface area (Å²) in [7, 11) is 2.70. The van der Waals surface area contributed by atoms with E-state index in [2.05, 4.69) is 4.74 Å². The second kappa shape index (κ2) is 13.0. The van der Waals surface area contributed by atoms with Gasteiger partial charge >= 0.3 is 17.9 Å². The van der Waals surface area contributed by atoms with E-state index in [1.165, 1.54) is 56.7 Å². The van der Waals surface area contributed by atoms with Crippen molar-refractivity contribution in [2.24, 2.45) is 0 Å². The van der Waals surface area contributed by atoms with E-state index in [1.807, 2.05) is 0 Å². The van der Waals surface area contributed by atoms with Crippen LogP contribution in [0.15, 0.2) is 42.5 Å². The summed E-state index contributed by atoms with van der Waals surface area (Å²) in [4.78, 5) is 33.6. The van der Waals surface area contributed by atoms with Crippen molar-refractivity contribution in [3.63, 3.8) is 0 Å². The zero-order valence-corrected chi connectivity index (χ0v) is 19.4. The number of aliphatic hydroxyl groups is 2. The molecular weight excluding hydrogens is 480 g/mol. The van der Waals surface area contributed by atoms with Gasteiger partial charge in [0.05, 0.1) is 27.2 Å². The van der Waals surface area contributed by atoms with E-state index in [1.54, 1.807) is 0 Å². The highest BCUT2D eigenvalue weighted by molar-refractivity contribution is 5.90. The Morgan fingerprint density at radius 1 is 0.972 bits per heavy atom. The molecular formula is C24H26O12. The molecule has 0 saturated carbocycles. The Bertz CT molecular complexity index is 1110. The lowest BCUT2D eigenvalue weighted by atomic mass is 10.0. The van der Waals surface area contributed by atoms with Crippen LogP contribution in [0, 0.1) is 0 Å². The normalized spacial score (nSPS) is 13.4. The molecule has 36 heavy (non-hydrogen) atoms. The number of carboxylic acids is 2. The third kappa shape index (κ3) is 7.61. The van der Waals surface area contributed by atoms with Gasteiger partial charge < -0.3 is 44.5 Å². The Balaban J connectivity index is 2.15. The lowest BCUT2D eigenvalue weighted by molar-refractivity contribution is -0.164.